The summed E-state index contributed by atoms with van der Waals surface area (Å²) in [6.45, 7) is 8.61. The van der Waals surface area contributed by atoms with Gasteiger partial charge in [-0.2, -0.15) is 10.2 Å². The van der Waals surface area contributed by atoms with E-state index in [1.807, 2.05) is 6.92 Å². The van der Waals surface area contributed by atoms with Crippen molar-refractivity contribution in [3.8, 4) is 0 Å². The van der Waals surface area contributed by atoms with Gasteiger partial charge in [0.05, 0.1) is 23.7 Å². The SMILES string of the molecule is CCCOC(=O)c1c(NC(=O)c2ccn(Cn3nc(C)c([N+](=O)[O-])c3C)n2)sc(C(=O)OCC)c1C. The lowest BCUT2D eigenvalue weighted by Crippen LogP contribution is -2.17. The van der Waals surface area contributed by atoms with E-state index in [1.54, 1.807) is 27.7 Å². The first-order valence-corrected chi connectivity index (χ1v) is 11.9. The van der Waals surface area contributed by atoms with Crippen LogP contribution in [0.1, 0.15) is 67.7 Å². The predicted octanol–water partition coefficient (Wildman–Crippen LogP) is 3.48. The van der Waals surface area contributed by atoms with Crippen molar-refractivity contribution in [1.29, 1.82) is 0 Å². The summed E-state index contributed by atoms with van der Waals surface area (Å²) in [6, 6.07) is 1.46. The standard InChI is InChI=1S/C22H26N6O7S/c1-6-10-35-21(30)16-12(3)18(22(31)34-7-2)36-20(16)23-19(29)15-8-9-26(25-15)11-27-14(5)17(28(32)33)13(4)24-27/h8-9H,6-7,10-11H2,1-5H3,(H,23,29). The van der Waals surface area contributed by atoms with Crippen molar-refractivity contribution in [2.24, 2.45) is 0 Å². The molecule has 192 valence electrons. The van der Waals surface area contributed by atoms with Crippen LogP contribution >= 0.6 is 11.3 Å². The number of nitrogens with zero attached hydrogens (tertiary/aromatic N) is 5. The zero-order valence-electron chi connectivity index (χ0n) is 20.5. The van der Waals surface area contributed by atoms with Crippen LogP contribution in [-0.2, 0) is 16.1 Å². The molecule has 1 amide bonds. The second kappa shape index (κ2) is 11.1. The molecular weight excluding hydrogens is 492 g/mol. The van der Waals surface area contributed by atoms with Crippen molar-refractivity contribution < 1.29 is 28.8 Å². The van der Waals surface area contributed by atoms with Crippen molar-refractivity contribution in [3.05, 3.63) is 55.5 Å². The number of nitrogens with one attached hydrogen (secondary N) is 1. The van der Waals surface area contributed by atoms with Gasteiger partial charge in [-0.25, -0.2) is 14.3 Å². The maximum absolute atomic E-state index is 12.9. The lowest BCUT2D eigenvalue weighted by Gasteiger charge is -2.07. The maximum atomic E-state index is 12.9. The molecule has 0 saturated heterocycles. The molecule has 0 radical (unpaired) electrons. The monoisotopic (exact) mass is 518 g/mol. The van der Waals surface area contributed by atoms with E-state index in [0.717, 1.165) is 11.3 Å². The summed E-state index contributed by atoms with van der Waals surface area (Å²) < 4.78 is 13.1. The number of ether oxygens (including phenoxy) is 2. The summed E-state index contributed by atoms with van der Waals surface area (Å²) in [5.41, 5.74) is 1.02. The molecule has 0 fully saturated rings. The fourth-order valence-electron chi connectivity index (χ4n) is 3.46. The number of rotatable bonds is 10. The first kappa shape index (κ1) is 26.5. The number of carbonyl (C=O) groups excluding carboxylic acids is 3. The summed E-state index contributed by atoms with van der Waals surface area (Å²) in [7, 11) is 0. The molecule has 0 atom stereocenters. The molecule has 0 aliphatic heterocycles. The molecule has 3 aromatic rings. The third-order valence-corrected chi connectivity index (χ3v) is 6.34. The third-order valence-electron chi connectivity index (χ3n) is 5.15. The molecule has 0 spiro atoms. The van der Waals surface area contributed by atoms with Crippen molar-refractivity contribution in [3.63, 3.8) is 0 Å². The number of thiophene rings is 1. The normalized spacial score (nSPS) is 10.8. The molecule has 0 aromatic carbocycles. The van der Waals surface area contributed by atoms with E-state index in [1.165, 1.54) is 21.6 Å². The number of nitro groups is 1. The Hall–Kier alpha value is -4.07. The van der Waals surface area contributed by atoms with Gasteiger partial charge in [-0.15, -0.1) is 11.3 Å². The zero-order chi connectivity index (χ0) is 26.6. The van der Waals surface area contributed by atoms with E-state index in [4.69, 9.17) is 9.47 Å². The Morgan fingerprint density at radius 1 is 1.14 bits per heavy atom. The zero-order valence-corrected chi connectivity index (χ0v) is 21.3. The lowest BCUT2D eigenvalue weighted by atomic mass is 10.1. The Morgan fingerprint density at radius 2 is 1.86 bits per heavy atom. The summed E-state index contributed by atoms with van der Waals surface area (Å²) in [5.74, 6) is -1.88. The van der Waals surface area contributed by atoms with Crippen LogP contribution in [0.3, 0.4) is 0 Å². The molecule has 3 heterocycles. The quantitative estimate of drug-likeness (QED) is 0.241. The summed E-state index contributed by atoms with van der Waals surface area (Å²) in [4.78, 5) is 48.9. The Kier molecular flexibility index (Phi) is 8.19. The van der Waals surface area contributed by atoms with Gasteiger partial charge in [-0.3, -0.25) is 19.6 Å². The van der Waals surface area contributed by atoms with Crippen LogP contribution in [0, 0.1) is 30.9 Å². The minimum Gasteiger partial charge on any atom is -0.462 e. The Bertz CT molecular complexity index is 1320. The minimum absolute atomic E-state index is 0.0302. The number of anilines is 1. The summed E-state index contributed by atoms with van der Waals surface area (Å²) in [5, 5.41) is 22.4. The second-order valence-corrected chi connectivity index (χ2v) is 8.75. The average molecular weight is 519 g/mol. The largest absolute Gasteiger partial charge is 0.462 e. The van der Waals surface area contributed by atoms with Crippen LogP contribution in [-0.4, -0.2) is 55.5 Å². The van der Waals surface area contributed by atoms with E-state index in [0.29, 0.717) is 17.7 Å². The molecule has 13 nitrogen and oxygen atoms in total. The highest BCUT2D eigenvalue weighted by atomic mass is 32.1. The van der Waals surface area contributed by atoms with Crippen molar-refractivity contribution in [2.45, 2.75) is 47.7 Å². The minimum atomic E-state index is -0.659. The van der Waals surface area contributed by atoms with Crippen molar-refractivity contribution >= 4 is 39.9 Å². The fraction of sp³-hybridized carbons (Fsp3) is 0.409. The van der Waals surface area contributed by atoms with Crippen LogP contribution in [0.25, 0.3) is 0 Å². The Balaban J connectivity index is 1.85. The van der Waals surface area contributed by atoms with Crippen LogP contribution in [0.2, 0.25) is 0 Å². The molecule has 0 unspecified atom stereocenters. The van der Waals surface area contributed by atoms with E-state index in [9.17, 15) is 24.5 Å². The van der Waals surface area contributed by atoms with E-state index in [-0.39, 0.29) is 52.4 Å². The van der Waals surface area contributed by atoms with Crippen molar-refractivity contribution in [2.75, 3.05) is 18.5 Å². The van der Waals surface area contributed by atoms with Crippen LogP contribution in [0.4, 0.5) is 10.7 Å². The van der Waals surface area contributed by atoms with Gasteiger partial charge in [0.2, 0.25) is 0 Å². The molecule has 3 rings (SSSR count). The number of aromatic nitrogens is 4. The van der Waals surface area contributed by atoms with Gasteiger partial charge in [0.25, 0.3) is 5.91 Å². The summed E-state index contributed by atoms with van der Waals surface area (Å²) >= 11 is 0.918. The number of aryl methyl sites for hydroxylation is 1. The smallest absolute Gasteiger partial charge is 0.348 e. The van der Waals surface area contributed by atoms with Gasteiger partial charge < -0.3 is 14.8 Å². The molecule has 0 aliphatic rings. The molecule has 1 N–H and O–H groups in total. The number of hydrogen-bond acceptors (Lipinski definition) is 10. The van der Waals surface area contributed by atoms with E-state index in [2.05, 4.69) is 15.5 Å². The number of hydrogen-bond donors (Lipinski definition) is 1. The number of amides is 1. The fourth-order valence-corrected chi connectivity index (χ4v) is 4.54. The van der Waals surface area contributed by atoms with Crippen LogP contribution in [0.15, 0.2) is 12.3 Å². The van der Waals surface area contributed by atoms with Crippen molar-refractivity contribution in [1.82, 2.24) is 19.6 Å². The van der Waals surface area contributed by atoms with Gasteiger partial charge in [0, 0.05) is 6.20 Å². The molecule has 36 heavy (non-hydrogen) atoms. The first-order valence-electron chi connectivity index (χ1n) is 11.1. The topological polar surface area (TPSA) is 160 Å². The van der Waals surface area contributed by atoms with E-state index < -0.39 is 22.8 Å². The molecule has 14 heteroatoms. The third kappa shape index (κ3) is 5.43. The highest BCUT2D eigenvalue weighted by Crippen LogP contribution is 2.34. The van der Waals surface area contributed by atoms with Gasteiger partial charge in [-0.1, -0.05) is 6.92 Å². The summed E-state index contributed by atoms with van der Waals surface area (Å²) in [6.07, 6.45) is 2.13. The van der Waals surface area contributed by atoms with E-state index >= 15 is 0 Å². The highest BCUT2D eigenvalue weighted by molar-refractivity contribution is 7.18. The maximum Gasteiger partial charge on any atom is 0.348 e. The van der Waals surface area contributed by atoms with Crippen LogP contribution < -0.4 is 5.32 Å². The average Bonchev–Trinajstić information content (AvgIpc) is 3.48. The molecule has 0 saturated carbocycles. The molecule has 0 aliphatic carbocycles. The first-order chi connectivity index (χ1) is 17.1. The van der Waals surface area contributed by atoms with Crippen LogP contribution in [0.5, 0.6) is 0 Å². The van der Waals surface area contributed by atoms with Gasteiger partial charge in [0.1, 0.15) is 27.9 Å². The number of carbonyl (C=O) groups is 3. The molecule has 3 aromatic heterocycles. The predicted molar refractivity (Wildman–Crippen MR) is 130 cm³/mol. The molecular formula is C22H26N6O7S. The van der Waals surface area contributed by atoms with Gasteiger partial charge in [-0.05, 0) is 45.7 Å². The lowest BCUT2D eigenvalue weighted by molar-refractivity contribution is -0.386. The number of esters is 2. The highest BCUT2D eigenvalue weighted by Gasteiger charge is 2.28. The Labute approximate surface area is 210 Å². The molecule has 0 bridgehead atoms. The van der Waals surface area contributed by atoms with Gasteiger partial charge in [0.15, 0.2) is 5.69 Å². The van der Waals surface area contributed by atoms with Gasteiger partial charge >= 0.3 is 17.6 Å². The second-order valence-electron chi connectivity index (χ2n) is 7.73. The Morgan fingerprint density at radius 3 is 2.47 bits per heavy atom.